The second-order valence-electron chi connectivity index (χ2n) is 4.06. The Morgan fingerprint density at radius 1 is 1.56 bits per heavy atom. The number of halogens is 2. The number of benzene rings is 1. The number of nitrogens with one attached hydrogen (secondary N) is 1. The molecule has 0 saturated carbocycles. The highest BCUT2D eigenvalue weighted by Gasteiger charge is 2.13. The van der Waals surface area contributed by atoms with Crippen LogP contribution in [0.15, 0.2) is 22.7 Å². The molecule has 3 nitrogen and oxygen atoms in total. The van der Waals surface area contributed by atoms with E-state index in [1.807, 2.05) is 6.92 Å². The highest BCUT2D eigenvalue weighted by molar-refractivity contribution is 9.10. The Kier molecular flexibility index (Phi) is 6.32. The highest BCUT2D eigenvalue weighted by Crippen LogP contribution is 2.21. The van der Waals surface area contributed by atoms with E-state index in [4.69, 9.17) is 11.6 Å². The second-order valence-corrected chi connectivity index (χ2v) is 6.91. The Labute approximate surface area is 123 Å². The predicted octanol–water partition coefficient (Wildman–Crippen LogP) is 2.99. The summed E-state index contributed by atoms with van der Waals surface area (Å²) in [6.45, 7) is 1.90. The average Bonchev–Trinajstić information content (AvgIpc) is 2.26. The summed E-state index contributed by atoms with van der Waals surface area (Å²) in [6, 6.07) is 5.02. The highest BCUT2D eigenvalue weighted by atomic mass is 79.9. The molecule has 100 valence electrons. The lowest BCUT2D eigenvalue weighted by Crippen LogP contribution is -2.33. The summed E-state index contributed by atoms with van der Waals surface area (Å²) in [4.78, 5) is 12.0. The van der Waals surface area contributed by atoms with Crippen LogP contribution in [-0.4, -0.2) is 28.2 Å². The van der Waals surface area contributed by atoms with E-state index in [1.165, 1.54) is 0 Å². The van der Waals surface area contributed by atoms with Crippen molar-refractivity contribution in [1.82, 2.24) is 5.32 Å². The van der Waals surface area contributed by atoms with Crippen LogP contribution in [-0.2, 0) is 10.8 Å². The first-order valence-electron chi connectivity index (χ1n) is 5.46. The Balaban J connectivity index is 2.62. The topological polar surface area (TPSA) is 46.2 Å². The first-order valence-corrected chi connectivity index (χ1v) is 8.36. The zero-order chi connectivity index (χ0) is 13.7. The molecule has 1 rings (SSSR count). The van der Waals surface area contributed by atoms with Gasteiger partial charge in [0.2, 0.25) is 0 Å². The lowest BCUT2D eigenvalue weighted by Gasteiger charge is -2.14. The summed E-state index contributed by atoms with van der Waals surface area (Å²) < 4.78 is 11.6. The first-order chi connectivity index (χ1) is 8.40. The van der Waals surface area contributed by atoms with Crippen molar-refractivity contribution in [1.29, 1.82) is 0 Å². The van der Waals surface area contributed by atoms with Crippen LogP contribution in [0.25, 0.3) is 0 Å². The van der Waals surface area contributed by atoms with Crippen molar-refractivity contribution in [2.45, 2.75) is 19.4 Å². The SMILES string of the molecule is CC(CCS(C)=O)NC(=O)c1ccc(Cl)cc1Br. The number of hydrogen-bond acceptors (Lipinski definition) is 2. The third-order valence-corrected chi connectivity index (χ3v) is 4.09. The molecule has 0 aliphatic rings. The van der Waals surface area contributed by atoms with Crippen molar-refractivity contribution in [3.63, 3.8) is 0 Å². The standard InChI is InChI=1S/C12H15BrClNO2S/c1-8(5-6-18(2)17)15-12(16)10-4-3-9(14)7-11(10)13/h3-4,7-8H,5-6H2,1-2H3,(H,15,16). The summed E-state index contributed by atoms with van der Waals surface area (Å²) in [5.74, 6) is 0.427. The lowest BCUT2D eigenvalue weighted by atomic mass is 10.2. The molecule has 2 unspecified atom stereocenters. The quantitative estimate of drug-likeness (QED) is 0.885. The van der Waals surface area contributed by atoms with Gasteiger partial charge in [0, 0.05) is 38.3 Å². The van der Waals surface area contributed by atoms with E-state index in [-0.39, 0.29) is 11.9 Å². The predicted molar refractivity (Wildman–Crippen MR) is 79.6 cm³/mol. The van der Waals surface area contributed by atoms with Gasteiger partial charge in [-0.15, -0.1) is 0 Å². The van der Waals surface area contributed by atoms with Crippen molar-refractivity contribution < 1.29 is 9.00 Å². The summed E-state index contributed by atoms with van der Waals surface area (Å²) in [5, 5.41) is 3.44. The molecule has 2 atom stereocenters. The van der Waals surface area contributed by atoms with E-state index in [0.29, 0.717) is 27.2 Å². The molecule has 1 aromatic rings. The van der Waals surface area contributed by atoms with Gasteiger partial charge in [-0.1, -0.05) is 11.6 Å². The van der Waals surface area contributed by atoms with Crippen LogP contribution in [0.4, 0.5) is 0 Å². The lowest BCUT2D eigenvalue weighted by molar-refractivity contribution is 0.0938. The largest absolute Gasteiger partial charge is 0.350 e. The molecule has 0 heterocycles. The molecule has 1 amide bonds. The number of hydrogen-bond donors (Lipinski definition) is 1. The van der Waals surface area contributed by atoms with Gasteiger partial charge < -0.3 is 5.32 Å². The first kappa shape index (κ1) is 15.7. The third kappa shape index (κ3) is 5.08. The van der Waals surface area contributed by atoms with E-state index in [2.05, 4.69) is 21.2 Å². The maximum Gasteiger partial charge on any atom is 0.252 e. The van der Waals surface area contributed by atoms with E-state index < -0.39 is 10.8 Å². The molecular formula is C12H15BrClNO2S. The molecule has 0 aromatic heterocycles. The summed E-state index contributed by atoms with van der Waals surface area (Å²) >= 11 is 9.12. The molecule has 0 saturated heterocycles. The molecule has 0 aliphatic carbocycles. The molecule has 0 aliphatic heterocycles. The van der Waals surface area contributed by atoms with Crippen molar-refractivity contribution >= 4 is 44.2 Å². The fourth-order valence-electron chi connectivity index (χ4n) is 1.39. The van der Waals surface area contributed by atoms with Gasteiger partial charge in [-0.2, -0.15) is 0 Å². The molecule has 1 aromatic carbocycles. The van der Waals surface area contributed by atoms with Crippen LogP contribution >= 0.6 is 27.5 Å². The molecular weight excluding hydrogens is 338 g/mol. The van der Waals surface area contributed by atoms with E-state index in [1.54, 1.807) is 24.5 Å². The third-order valence-electron chi connectivity index (χ3n) is 2.39. The van der Waals surface area contributed by atoms with Gasteiger partial charge in [0.1, 0.15) is 0 Å². The van der Waals surface area contributed by atoms with Crippen molar-refractivity contribution in [2.24, 2.45) is 0 Å². The molecule has 1 N–H and O–H groups in total. The smallest absolute Gasteiger partial charge is 0.252 e. The van der Waals surface area contributed by atoms with Crippen LogP contribution in [0.2, 0.25) is 5.02 Å². The van der Waals surface area contributed by atoms with Gasteiger partial charge in [0.25, 0.3) is 5.91 Å². The van der Waals surface area contributed by atoms with Crippen molar-refractivity contribution in [3.05, 3.63) is 33.3 Å². The minimum absolute atomic E-state index is 0.0102. The van der Waals surface area contributed by atoms with Crippen LogP contribution in [0.1, 0.15) is 23.7 Å². The van der Waals surface area contributed by atoms with Crippen molar-refractivity contribution in [3.8, 4) is 0 Å². The zero-order valence-electron chi connectivity index (χ0n) is 10.2. The molecule has 6 heteroatoms. The Hall–Kier alpha value is -0.390. The maximum atomic E-state index is 12.0. The summed E-state index contributed by atoms with van der Waals surface area (Å²) in [7, 11) is -0.831. The molecule has 18 heavy (non-hydrogen) atoms. The van der Waals surface area contributed by atoms with E-state index in [0.717, 1.165) is 0 Å². The molecule has 0 fully saturated rings. The van der Waals surface area contributed by atoms with Crippen molar-refractivity contribution in [2.75, 3.05) is 12.0 Å². The van der Waals surface area contributed by atoms with Gasteiger partial charge in [0.05, 0.1) is 5.56 Å². The Morgan fingerprint density at radius 2 is 2.22 bits per heavy atom. The van der Waals surface area contributed by atoms with Gasteiger partial charge >= 0.3 is 0 Å². The number of amides is 1. The Morgan fingerprint density at radius 3 is 2.78 bits per heavy atom. The number of carbonyl (C=O) groups is 1. The molecule has 0 spiro atoms. The summed E-state index contributed by atoms with van der Waals surface area (Å²) in [5.41, 5.74) is 0.545. The fraction of sp³-hybridized carbons (Fsp3) is 0.417. The monoisotopic (exact) mass is 351 g/mol. The van der Waals surface area contributed by atoms with Crippen LogP contribution < -0.4 is 5.32 Å². The normalized spacial score (nSPS) is 14.0. The zero-order valence-corrected chi connectivity index (χ0v) is 13.4. The summed E-state index contributed by atoms with van der Waals surface area (Å²) in [6.07, 6.45) is 2.35. The van der Waals surface area contributed by atoms with Gasteiger partial charge in [-0.25, -0.2) is 0 Å². The number of carbonyl (C=O) groups excluding carboxylic acids is 1. The van der Waals surface area contributed by atoms with Gasteiger partial charge in [-0.05, 0) is 47.5 Å². The van der Waals surface area contributed by atoms with E-state index >= 15 is 0 Å². The average molecular weight is 353 g/mol. The number of rotatable bonds is 5. The molecule has 0 bridgehead atoms. The maximum absolute atomic E-state index is 12.0. The van der Waals surface area contributed by atoms with Crippen LogP contribution in [0.5, 0.6) is 0 Å². The van der Waals surface area contributed by atoms with Gasteiger partial charge in [-0.3, -0.25) is 9.00 Å². The minimum atomic E-state index is -0.831. The van der Waals surface area contributed by atoms with Gasteiger partial charge in [0.15, 0.2) is 0 Å². The Bertz CT molecular complexity index is 467. The van der Waals surface area contributed by atoms with E-state index in [9.17, 15) is 9.00 Å². The molecule has 0 radical (unpaired) electrons. The van der Waals surface area contributed by atoms with Crippen LogP contribution in [0.3, 0.4) is 0 Å². The second kappa shape index (κ2) is 7.26. The minimum Gasteiger partial charge on any atom is -0.350 e. The van der Waals surface area contributed by atoms with Crippen LogP contribution in [0, 0.1) is 0 Å². The fourth-order valence-corrected chi connectivity index (χ4v) is 2.94.